The van der Waals surface area contributed by atoms with Gasteiger partial charge in [0.1, 0.15) is 0 Å². The maximum atomic E-state index is 12.9. The molecule has 26 heavy (non-hydrogen) atoms. The van der Waals surface area contributed by atoms with E-state index in [-0.39, 0.29) is 12.5 Å². The van der Waals surface area contributed by atoms with Gasteiger partial charge in [-0.15, -0.1) is 0 Å². The summed E-state index contributed by atoms with van der Waals surface area (Å²) in [5.74, 6) is -0.135. The highest BCUT2D eigenvalue weighted by Crippen LogP contribution is 2.24. The number of carboxylic acids is 1. The zero-order valence-electron chi connectivity index (χ0n) is 15.6. The van der Waals surface area contributed by atoms with E-state index in [0.717, 1.165) is 31.2 Å². The first-order valence-electron chi connectivity index (χ1n) is 9.30. The first-order chi connectivity index (χ1) is 12.3. The van der Waals surface area contributed by atoms with E-state index in [2.05, 4.69) is 19.2 Å². The van der Waals surface area contributed by atoms with Crippen molar-refractivity contribution in [1.82, 2.24) is 9.62 Å². The Hall–Kier alpha value is -1.44. The maximum Gasteiger partial charge on any atom is 0.317 e. The zero-order chi connectivity index (χ0) is 19.2. The molecule has 1 heterocycles. The Labute approximate surface area is 156 Å². The molecule has 0 spiro atoms. The Morgan fingerprint density at radius 1 is 1.31 bits per heavy atom. The average Bonchev–Trinajstić information content (AvgIpc) is 2.60. The van der Waals surface area contributed by atoms with Crippen molar-refractivity contribution in [1.29, 1.82) is 0 Å². The number of carbonyl (C=O) groups is 1. The lowest BCUT2D eigenvalue weighted by Gasteiger charge is -2.32. The number of hydrogen-bond acceptors (Lipinski definition) is 4. The number of aryl methyl sites for hydroxylation is 1. The molecule has 1 unspecified atom stereocenters. The van der Waals surface area contributed by atoms with E-state index >= 15 is 0 Å². The fraction of sp³-hybridized carbons (Fsp3) is 0.632. The van der Waals surface area contributed by atoms with E-state index in [9.17, 15) is 13.2 Å². The van der Waals surface area contributed by atoms with Crippen LogP contribution in [0, 0.1) is 11.8 Å². The van der Waals surface area contributed by atoms with Crippen LogP contribution in [0.3, 0.4) is 0 Å². The summed E-state index contributed by atoms with van der Waals surface area (Å²) in [4.78, 5) is 10.9. The van der Waals surface area contributed by atoms with Gasteiger partial charge in [-0.05, 0) is 61.8 Å². The van der Waals surface area contributed by atoms with Gasteiger partial charge in [-0.1, -0.05) is 26.0 Å². The largest absolute Gasteiger partial charge is 0.480 e. The molecular weight excluding hydrogens is 352 g/mol. The Bertz CT molecular complexity index is 686. The molecular formula is C19H30N2O4S. The molecule has 1 aromatic carbocycles. The topological polar surface area (TPSA) is 86.7 Å². The van der Waals surface area contributed by atoms with E-state index in [1.807, 2.05) is 12.1 Å². The van der Waals surface area contributed by atoms with Crippen LogP contribution in [0.5, 0.6) is 0 Å². The molecule has 1 aliphatic heterocycles. The third kappa shape index (κ3) is 6.07. The first-order valence-corrected chi connectivity index (χ1v) is 10.7. The number of hydrogen-bond donors (Lipinski definition) is 2. The number of nitrogens with zero attached hydrogens (tertiary/aromatic N) is 1. The van der Waals surface area contributed by atoms with Gasteiger partial charge in [0.25, 0.3) is 0 Å². The average molecular weight is 383 g/mol. The van der Waals surface area contributed by atoms with Crippen LogP contribution < -0.4 is 5.32 Å². The summed E-state index contributed by atoms with van der Waals surface area (Å²) in [6.07, 6.45) is 3.75. The smallest absolute Gasteiger partial charge is 0.317 e. The fourth-order valence-corrected chi connectivity index (χ4v) is 4.78. The number of rotatable bonds is 9. The molecule has 1 fully saturated rings. The molecule has 2 rings (SSSR count). The van der Waals surface area contributed by atoms with Gasteiger partial charge in [-0.3, -0.25) is 4.79 Å². The number of sulfonamides is 1. The van der Waals surface area contributed by atoms with E-state index in [1.54, 1.807) is 12.1 Å². The molecule has 1 aromatic rings. The first kappa shape index (κ1) is 20.9. The SMILES string of the molecule is CC(C)CCc1ccc(S(=O)(=O)N2CCCC(CNCC(=O)O)C2)cc1. The lowest BCUT2D eigenvalue weighted by atomic mass is 10.00. The number of benzene rings is 1. The Kier molecular flexibility index (Phi) is 7.61. The van der Waals surface area contributed by atoms with Crippen molar-refractivity contribution in [3.8, 4) is 0 Å². The molecule has 146 valence electrons. The van der Waals surface area contributed by atoms with Crippen LogP contribution in [0.2, 0.25) is 0 Å². The van der Waals surface area contributed by atoms with Gasteiger partial charge < -0.3 is 10.4 Å². The van der Waals surface area contributed by atoms with Gasteiger partial charge in [-0.25, -0.2) is 8.42 Å². The second-order valence-electron chi connectivity index (χ2n) is 7.47. The normalized spacial score (nSPS) is 19.0. The third-order valence-electron chi connectivity index (χ3n) is 4.76. The van der Waals surface area contributed by atoms with Gasteiger partial charge >= 0.3 is 5.97 Å². The van der Waals surface area contributed by atoms with Crippen LogP contribution in [-0.4, -0.2) is 50.0 Å². The number of nitrogens with one attached hydrogen (secondary N) is 1. The van der Waals surface area contributed by atoms with Crippen LogP contribution in [0.1, 0.15) is 38.7 Å². The molecule has 0 bridgehead atoms. The molecule has 0 radical (unpaired) electrons. The van der Waals surface area contributed by atoms with Crippen LogP contribution in [0.25, 0.3) is 0 Å². The monoisotopic (exact) mass is 382 g/mol. The van der Waals surface area contributed by atoms with Gasteiger partial charge in [0.05, 0.1) is 11.4 Å². The summed E-state index contributed by atoms with van der Waals surface area (Å²) in [6, 6.07) is 7.23. The van der Waals surface area contributed by atoms with Crippen molar-refractivity contribution in [2.75, 3.05) is 26.2 Å². The summed E-state index contributed by atoms with van der Waals surface area (Å²) < 4.78 is 27.3. The molecule has 1 aliphatic rings. The molecule has 7 heteroatoms. The minimum Gasteiger partial charge on any atom is -0.480 e. The summed E-state index contributed by atoms with van der Waals surface area (Å²) in [7, 11) is -3.50. The zero-order valence-corrected chi connectivity index (χ0v) is 16.5. The van der Waals surface area contributed by atoms with Crippen molar-refractivity contribution >= 4 is 16.0 Å². The van der Waals surface area contributed by atoms with Crippen LogP contribution in [0.15, 0.2) is 29.2 Å². The van der Waals surface area contributed by atoms with Crippen LogP contribution in [0.4, 0.5) is 0 Å². The van der Waals surface area contributed by atoms with E-state index in [1.165, 1.54) is 4.31 Å². The lowest BCUT2D eigenvalue weighted by Crippen LogP contribution is -2.43. The van der Waals surface area contributed by atoms with Crippen molar-refractivity contribution in [2.24, 2.45) is 11.8 Å². The van der Waals surface area contributed by atoms with Gasteiger partial charge in [0.2, 0.25) is 10.0 Å². The second kappa shape index (κ2) is 9.48. The molecule has 1 saturated heterocycles. The summed E-state index contributed by atoms with van der Waals surface area (Å²) in [5, 5.41) is 11.6. The molecule has 0 aromatic heterocycles. The lowest BCUT2D eigenvalue weighted by molar-refractivity contribution is -0.136. The molecule has 1 atom stereocenters. The highest BCUT2D eigenvalue weighted by Gasteiger charge is 2.30. The minimum absolute atomic E-state index is 0.0961. The minimum atomic E-state index is -3.50. The molecule has 2 N–H and O–H groups in total. The number of aliphatic carboxylic acids is 1. The maximum absolute atomic E-state index is 12.9. The van der Waals surface area contributed by atoms with Crippen molar-refractivity contribution < 1.29 is 18.3 Å². The Morgan fingerprint density at radius 3 is 2.62 bits per heavy atom. The van der Waals surface area contributed by atoms with Crippen molar-refractivity contribution in [3.63, 3.8) is 0 Å². The Balaban J connectivity index is 1.98. The van der Waals surface area contributed by atoms with Crippen molar-refractivity contribution in [2.45, 2.75) is 44.4 Å². The van der Waals surface area contributed by atoms with Crippen LogP contribution in [-0.2, 0) is 21.2 Å². The van der Waals surface area contributed by atoms with E-state index < -0.39 is 16.0 Å². The summed E-state index contributed by atoms with van der Waals surface area (Å²) in [6.45, 7) is 5.73. The second-order valence-corrected chi connectivity index (χ2v) is 9.41. The number of carboxylic acid groups (broad SMARTS) is 1. The molecule has 0 amide bonds. The predicted molar refractivity (Wildman–Crippen MR) is 102 cm³/mol. The van der Waals surface area contributed by atoms with E-state index in [4.69, 9.17) is 5.11 Å². The van der Waals surface area contributed by atoms with Crippen LogP contribution >= 0.6 is 0 Å². The molecule has 6 nitrogen and oxygen atoms in total. The van der Waals surface area contributed by atoms with Crippen molar-refractivity contribution in [3.05, 3.63) is 29.8 Å². The fourth-order valence-electron chi connectivity index (χ4n) is 3.23. The van der Waals surface area contributed by atoms with Gasteiger partial charge in [0.15, 0.2) is 0 Å². The quantitative estimate of drug-likeness (QED) is 0.685. The third-order valence-corrected chi connectivity index (χ3v) is 6.64. The summed E-state index contributed by atoms with van der Waals surface area (Å²) >= 11 is 0. The molecule has 0 aliphatic carbocycles. The van der Waals surface area contributed by atoms with Gasteiger partial charge in [-0.2, -0.15) is 4.31 Å². The standard InChI is InChI=1S/C19H30N2O4S/c1-15(2)5-6-16-7-9-18(10-8-16)26(24,25)21-11-3-4-17(14-21)12-20-13-19(22)23/h7-10,15,17,20H,3-6,11-14H2,1-2H3,(H,22,23). The predicted octanol–water partition coefficient (Wildman–Crippen LogP) is 2.35. The highest BCUT2D eigenvalue weighted by molar-refractivity contribution is 7.89. The number of piperidine rings is 1. The molecule has 0 saturated carbocycles. The summed E-state index contributed by atoms with van der Waals surface area (Å²) in [5.41, 5.74) is 1.16. The van der Waals surface area contributed by atoms with E-state index in [0.29, 0.717) is 30.4 Å². The Morgan fingerprint density at radius 2 is 2.00 bits per heavy atom. The van der Waals surface area contributed by atoms with Gasteiger partial charge in [0, 0.05) is 13.1 Å². The highest BCUT2D eigenvalue weighted by atomic mass is 32.2.